The highest BCUT2D eigenvalue weighted by molar-refractivity contribution is 5.79. The molecule has 3 fully saturated rings. The van der Waals surface area contributed by atoms with Crippen LogP contribution < -0.4 is 0 Å². The van der Waals surface area contributed by atoms with Crippen LogP contribution in [0.2, 0.25) is 0 Å². The zero-order valence-electron chi connectivity index (χ0n) is 18.2. The highest BCUT2D eigenvalue weighted by Gasteiger charge is 2.50. The van der Waals surface area contributed by atoms with Crippen molar-refractivity contribution in [2.24, 2.45) is 0 Å². The predicted molar refractivity (Wildman–Crippen MR) is 114 cm³/mol. The molecule has 32 heavy (non-hydrogen) atoms. The monoisotopic (exact) mass is 439 g/mol. The van der Waals surface area contributed by atoms with Gasteiger partial charge in [0.2, 0.25) is 11.8 Å². The van der Waals surface area contributed by atoms with E-state index in [1.54, 1.807) is 0 Å². The zero-order valence-corrected chi connectivity index (χ0v) is 18.2. The van der Waals surface area contributed by atoms with E-state index in [0.717, 1.165) is 31.4 Å². The van der Waals surface area contributed by atoms with Crippen LogP contribution in [0.15, 0.2) is 36.7 Å². The highest BCUT2D eigenvalue weighted by atomic mass is 16.5. The summed E-state index contributed by atoms with van der Waals surface area (Å²) in [6, 6.07) is 10.4. The van der Waals surface area contributed by atoms with Gasteiger partial charge in [0.25, 0.3) is 0 Å². The number of amides is 2. The van der Waals surface area contributed by atoms with Crippen LogP contribution in [0.5, 0.6) is 0 Å². The Morgan fingerprint density at radius 2 is 2.00 bits per heavy atom. The molecule has 0 saturated carbocycles. The average Bonchev–Trinajstić information content (AvgIpc) is 3.50. The van der Waals surface area contributed by atoms with Crippen molar-refractivity contribution in [2.75, 3.05) is 39.4 Å². The third-order valence-electron chi connectivity index (χ3n) is 7.00. The van der Waals surface area contributed by atoms with E-state index in [1.807, 2.05) is 28.0 Å². The molecule has 4 heterocycles. The van der Waals surface area contributed by atoms with Gasteiger partial charge in [-0.3, -0.25) is 14.5 Å². The summed E-state index contributed by atoms with van der Waals surface area (Å²) in [6.07, 6.45) is 4.10. The average molecular weight is 440 g/mol. The van der Waals surface area contributed by atoms with Crippen LogP contribution in [0.4, 0.5) is 0 Å². The maximum absolute atomic E-state index is 13.1. The summed E-state index contributed by atoms with van der Waals surface area (Å²) in [6.45, 7) is 4.66. The van der Waals surface area contributed by atoms with Gasteiger partial charge in [-0.1, -0.05) is 30.3 Å². The highest BCUT2D eigenvalue weighted by Crippen LogP contribution is 2.35. The Labute approximate surface area is 187 Å². The number of piperidine rings is 1. The van der Waals surface area contributed by atoms with Crippen molar-refractivity contribution < 1.29 is 14.3 Å². The molecule has 5 rings (SSSR count). The molecule has 0 N–H and O–H groups in total. The lowest BCUT2D eigenvalue weighted by molar-refractivity contribution is -0.149. The van der Waals surface area contributed by atoms with Gasteiger partial charge in [-0.2, -0.15) is 0 Å². The summed E-state index contributed by atoms with van der Waals surface area (Å²) >= 11 is 0. The third kappa shape index (κ3) is 4.24. The molecule has 3 aliphatic rings. The quantitative estimate of drug-likeness (QED) is 0.655. The Morgan fingerprint density at radius 3 is 2.69 bits per heavy atom. The zero-order chi connectivity index (χ0) is 22.0. The molecular weight excluding hydrogens is 410 g/mol. The fraction of sp³-hybridized carbons (Fsp3) is 0.591. The van der Waals surface area contributed by atoms with Crippen molar-refractivity contribution in [3.8, 4) is 0 Å². The number of hydrogen-bond acceptors (Lipinski definition) is 7. The maximum Gasteiger partial charge on any atom is 0.244 e. The number of piperazine rings is 1. The summed E-state index contributed by atoms with van der Waals surface area (Å²) in [7, 11) is 0. The second kappa shape index (κ2) is 8.95. The van der Waals surface area contributed by atoms with Crippen LogP contribution in [0.3, 0.4) is 0 Å². The molecule has 3 aliphatic heterocycles. The van der Waals surface area contributed by atoms with E-state index in [-0.39, 0.29) is 29.9 Å². The van der Waals surface area contributed by atoms with E-state index in [0.29, 0.717) is 39.3 Å². The van der Waals surface area contributed by atoms with Crippen molar-refractivity contribution >= 4 is 11.8 Å². The minimum absolute atomic E-state index is 0.0263. The summed E-state index contributed by atoms with van der Waals surface area (Å²) in [4.78, 5) is 31.9. The van der Waals surface area contributed by atoms with Crippen LogP contribution in [-0.2, 0) is 27.4 Å². The Bertz CT molecular complexity index is 922. The van der Waals surface area contributed by atoms with Crippen LogP contribution in [-0.4, -0.2) is 97.7 Å². The predicted octanol–water partition coefficient (Wildman–Crippen LogP) is 0.168. The van der Waals surface area contributed by atoms with Gasteiger partial charge >= 0.3 is 0 Å². The second-order valence-electron chi connectivity index (χ2n) is 9.01. The molecule has 0 bridgehead atoms. The fourth-order valence-corrected chi connectivity index (χ4v) is 5.28. The van der Waals surface area contributed by atoms with Gasteiger partial charge in [0.05, 0.1) is 18.7 Å². The molecule has 1 spiro atoms. The lowest BCUT2D eigenvalue weighted by Gasteiger charge is -2.52. The molecule has 1 unspecified atom stereocenters. The Morgan fingerprint density at radius 1 is 1.19 bits per heavy atom. The number of carbonyl (C=O) groups is 2. The van der Waals surface area contributed by atoms with Gasteiger partial charge < -0.3 is 14.5 Å². The largest absolute Gasteiger partial charge is 0.379 e. The number of nitrogens with zero attached hydrogens (tertiary/aromatic N) is 7. The fourth-order valence-electron chi connectivity index (χ4n) is 5.28. The molecule has 1 atom stereocenters. The molecular formula is C22H29N7O3. The van der Waals surface area contributed by atoms with Gasteiger partial charge in [0.15, 0.2) is 0 Å². The van der Waals surface area contributed by atoms with E-state index in [1.165, 1.54) is 11.0 Å². The van der Waals surface area contributed by atoms with Crippen molar-refractivity contribution in [2.45, 2.75) is 43.9 Å². The first-order chi connectivity index (χ1) is 15.6. The van der Waals surface area contributed by atoms with Crippen LogP contribution in [0.1, 0.15) is 24.8 Å². The van der Waals surface area contributed by atoms with Crippen LogP contribution in [0, 0.1) is 0 Å². The van der Waals surface area contributed by atoms with Gasteiger partial charge in [-0.05, 0) is 35.3 Å². The number of benzene rings is 1. The molecule has 2 aromatic rings. The molecule has 1 aromatic carbocycles. The van der Waals surface area contributed by atoms with E-state index < -0.39 is 0 Å². The molecule has 2 amide bonds. The third-order valence-corrected chi connectivity index (χ3v) is 7.00. The standard InChI is InChI=1S/C22H29N7O3/c30-20(13-28-17-23-24-25-28)26-9-6-19(7-10-26)29-14-21(31)27(12-18-4-2-1-3-5-18)15-22(29)8-11-32-16-22/h1-5,17,19H,6-16H2. The van der Waals surface area contributed by atoms with Gasteiger partial charge in [-0.15, -0.1) is 5.10 Å². The summed E-state index contributed by atoms with van der Waals surface area (Å²) in [5.74, 6) is 0.196. The number of aromatic nitrogens is 4. The number of likely N-dealkylation sites (tertiary alicyclic amines) is 1. The summed E-state index contributed by atoms with van der Waals surface area (Å²) < 4.78 is 7.29. The van der Waals surface area contributed by atoms with Crippen molar-refractivity contribution in [1.82, 2.24) is 34.9 Å². The smallest absolute Gasteiger partial charge is 0.244 e. The van der Waals surface area contributed by atoms with Gasteiger partial charge in [0.1, 0.15) is 12.9 Å². The van der Waals surface area contributed by atoms with Gasteiger partial charge in [0, 0.05) is 38.8 Å². The molecule has 0 radical (unpaired) electrons. The molecule has 0 aliphatic carbocycles. The second-order valence-corrected chi connectivity index (χ2v) is 9.01. The summed E-state index contributed by atoms with van der Waals surface area (Å²) in [5.41, 5.74) is 1.02. The van der Waals surface area contributed by atoms with Crippen LogP contribution in [0.25, 0.3) is 0 Å². The molecule has 10 nitrogen and oxygen atoms in total. The van der Waals surface area contributed by atoms with E-state index in [9.17, 15) is 9.59 Å². The molecule has 10 heteroatoms. The Kier molecular flexibility index (Phi) is 5.88. The van der Waals surface area contributed by atoms with Crippen molar-refractivity contribution in [3.63, 3.8) is 0 Å². The Hall–Kier alpha value is -2.85. The minimum Gasteiger partial charge on any atom is -0.379 e. The molecule has 1 aromatic heterocycles. The van der Waals surface area contributed by atoms with E-state index in [4.69, 9.17) is 4.74 Å². The maximum atomic E-state index is 13.1. The number of carbonyl (C=O) groups excluding carboxylic acids is 2. The van der Waals surface area contributed by atoms with E-state index >= 15 is 0 Å². The first kappa shape index (κ1) is 21.0. The van der Waals surface area contributed by atoms with Crippen molar-refractivity contribution in [3.05, 3.63) is 42.2 Å². The first-order valence-electron chi connectivity index (χ1n) is 11.3. The number of hydrogen-bond donors (Lipinski definition) is 0. The summed E-state index contributed by atoms with van der Waals surface area (Å²) in [5, 5.41) is 10.9. The molecule has 170 valence electrons. The number of tetrazole rings is 1. The first-order valence-corrected chi connectivity index (χ1v) is 11.3. The van der Waals surface area contributed by atoms with Gasteiger partial charge in [-0.25, -0.2) is 4.68 Å². The van der Waals surface area contributed by atoms with E-state index in [2.05, 4.69) is 32.6 Å². The van der Waals surface area contributed by atoms with Crippen molar-refractivity contribution in [1.29, 1.82) is 0 Å². The SMILES string of the molecule is O=C(Cn1cnnn1)N1CCC(N2CC(=O)N(Cc3ccccc3)CC23CCOC3)CC1. The normalized spacial score (nSPS) is 25.1. The number of rotatable bonds is 5. The molecule has 3 saturated heterocycles. The lowest BCUT2D eigenvalue weighted by atomic mass is 9.88. The number of ether oxygens (including phenoxy) is 1. The topological polar surface area (TPSA) is 96.7 Å². The Balaban J connectivity index is 1.23. The minimum atomic E-state index is -0.133. The lowest BCUT2D eigenvalue weighted by Crippen LogP contribution is -2.68. The van der Waals surface area contributed by atoms with Crippen LogP contribution >= 0.6 is 0 Å².